The molecule has 0 radical (unpaired) electrons. The van der Waals surface area contributed by atoms with Crippen LogP contribution in [0.3, 0.4) is 0 Å². The maximum absolute atomic E-state index is 5.90. The molecule has 3 aromatic carbocycles. The number of hydrogen-bond donors (Lipinski definition) is 0. The smallest absolute Gasteiger partial charge is 0.215 e. The van der Waals surface area contributed by atoms with Crippen LogP contribution in [0.4, 0.5) is 5.69 Å². The Hall–Kier alpha value is -4.07. The van der Waals surface area contributed by atoms with Gasteiger partial charge in [0.05, 0.1) is 40.6 Å². The van der Waals surface area contributed by atoms with Crippen LogP contribution < -0.4 is 19.1 Å². The number of benzene rings is 3. The van der Waals surface area contributed by atoms with Crippen LogP contribution in [0.15, 0.2) is 97.2 Å². The molecule has 0 aliphatic carbocycles. The predicted molar refractivity (Wildman–Crippen MR) is 153 cm³/mol. The molecule has 0 aliphatic rings. The summed E-state index contributed by atoms with van der Waals surface area (Å²) in [5, 5.41) is 0. The molecular weight excluding hydrogens is 492 g/mol. The van der Waals surface area contributed by atoms with Gasteiger partial charge < -0.3 is 28.6 Å². The molecule has 0 saturated heterocycles. The molecule has 0 fully saturated rings. The Morgan fingerprint density at radius 1 is 0.615 bits per heavy atom. The Kier molecular flexibility index (Phi) is 11.0. The van der Waals surface area contributed by atoms with Gasteiger partial charge in [0.15, 0.2) is 0 Å². The van der Waals surface area contributed by atoms with Crippen LogP contribution in [-0.4, -0.2) is 45.6 Å². The minimum atomic E-state index is 0.404. The molecule has 0 N–H and O–H groups in total. The minimum absolute atomic E-state index is 0.404. The molecule has 7 heteroatoms. The van der Waals surface area contributed by atoms with E-state index in [0.717, 1.165) is 33.9 Å². The molecule has 0 spiro atoms. The van der Waals surface area contributed by atoms with Gasteiger partial charge in [0.25, 0.3) is 0 Å². The quantitative estimate of drug-likeness (QED) is 0.167. The average molecular weight is 529 g/mol. The Bertz CT molecular complexity index is 1220. The fourth-order valence-corrected chi connectivity index (χ4v) is 4.08. The largest absolute Gasteiger partial charge is 0.497 e. The fraction of sp³-hybridized carbons (Fsp3) is 0.281. The normalized spacial score (nSPS) is 10.7. The van der Waals surface area contributed by atoms with Crippen molar-refractivity contribution in [2.45, 2.75) is 19.7 Å². The van der Waals surface area contributed by atoms with Crippen molar-refractivity contribution in [3.63, 3.8) is 0 Å². The van der Waals surface area contributed by atoms with E-state index in [0.29, 0.717) is 52.0 Å². The number of anilines is 1. The van der Waals surface area contributed by atoms with Crippen molar-refractivity contribution in [3.8, 4) is 17.4 Å². The van der Waals surface area contributed by atoms with Gasteiger partial charge in [-0.1, -0.05) is 54.6 Å². The number of nitrogens with zero attached hydrogens (tertiary/aromatic N) is 2. The first-order valence-corrected chi connectivity index (χ1v) is 13.0. The van der Waals surface area contributed by atoms with Gasteiger partial charge in [0.1, 0.15) is 18.1 Å². The van der Waals surface area contributed by atoms with Crippen LogP contribution in [0.1, 0.15) is 16.7 Å². The Balaban J connectivity index is 1.32. The van der Waals surface area contributed by atoms with E-state index in [-0.39, 0.29) is 0 Å². The maximum Gasteiger partial charge on any atom is 0.215 e. The van der Waals surface area contributed by atoms with Crippen molar-refractivity contribution in [1.29, 1.82) is 0 Å². The Morgan fingerprint density at radius 2 is 1.23 bits per heavy atom. The van der Waals surface area contributed by atoms with Crippen molar-refractivity contribution < 1.29 is 23.7 Å². The summed E-state index contributed by atoms with van der Waals surface area (Å²) in [5.41, 5.74) is 4.43. The summed E-state index contributed by atoms with van der Waals surface area (Å²) < 4.78 is 28.1. The van der Waals surface area contributed by atoms with Gasteiger partial charge in [0.2, 0.25) is 5.88 Å². The predicted octanol–water partition coefficient (Wildman–Crippen LogP) is 5.92. The first kappa shape index (κ1) is 28.0. The third-order valence-corrected chi connectivity index (χ3v) is 6.06. The molecule has 4 rings (SSSR count). The Labute approximate surface area is 230 Å². The highest BCUT2D eigenvalue weighted by molar-refractivity contribution is 5.50. The van der Waals surface area contributed by atoms with Crippen LogP contribution >= 0.6 is 0 Å². The molecular formula is C32H36N2O5. The molecule has 7 nitrogen and oxygen atoms in total. The molecule has 0 amide bonds. The van der Waals surface area contributed by atoms with Crippen molar-refractivity contribution in [3.05, 3.63) is 114 Å². The third kappa shape index (κ3) is 9.32. The van der Waals surface area contributed by atoms with E-state index in [2.05, 4.69) is 34.1 Å². The molecule has 1 heterocycles. The lowest BCUT2D eigenvalue weighted by Gasteiger charge is -2.26. The zero-order valence-electron chi connectivity index (χ0n) is 22.6. The van der Waals surface area contributed by atoms with Gasteiger partial charge in [-0.05, 0) is 47.0 Å². The lowest BCUT2D eigenvalue weighted by molar-refractivity contribution is 0.0299. The highest BCUT2D eigenvalue weighted by atomic mass is 16.5. The lowest BCUT2D eigenvalue weighted by Crippen LogP contribution is -2.22. The van der Waals surface area contributed by atoms with E-state index in [4.69, 9.17) is 23.7 Å². The molecule has 204 valence electrons. The summed E-state index contributed by atoms with van der Waals surface area (Å²) in [6.07, 6.45) is 1.77. The molecule has 0 saturated carbocycles. The number of pyridine rings is 1. The van der Waals surface area contributed by atoms with Crippen molar-refractivity contribution in [2.24, 2.45) is 0 Å². The van der Waals surface area contributed by atoms with Crippen LogP contribution in [0.25, 0.3) is 0 Å². The second-order valence-corrected chi connectivity index (χ2v) is 8.91. The summed E-state index contributed by atoms with van der Waals surface area (Å²) in [4.78, 5) is 6.68. The van der Waals surface area contributed by atoms with Gasteiger partial charge in [-0.2, -0.15) is 0 Å². The molecule has 39 heavy (non-hydrogen) atoms. The molecule has 4 aromatic rings. The SMILES string of the molecule is COc1cccc(CN(Cc2cccc(OC)c2)c2ccnc(OCCOCCOCc3ccccc3)c2)c1. The fourth-order valence-electron chi connectivity index (χ4n) is 4.08. The summed E-state index contributed by atoms with van der Waals surface area (Å²) >= 11 is 0. The second kappa shape index (κ2) is 15.4. The van der Waals surface area contributed by atoms with E-state index in [1.54, 1.807) is 20.4 Å². The van der Waals surface area contributed by atoms with E-state index in [1.807, 2.05) is 66.7 Å². The number of rotatable bonds is 16. The first-order chi connectivity index (χ1) is 19.2. The van der Waals surface area contributed by atoms with Crippen LogP contribution in [0, 0.1) is 0 Å². The highest BCUT2D eigenvalue weighted by Crippen LogP contribution is 2.25. The van der Waals surface area contributed by atoms with Crippen LogP contribution in [-0.2, 0) is 29.2 Å². The average Bonchev–Trinajstić information content (AvgIpc) is 2.99. The molecule has 0 atom stereocenters. The molecule has 0 bridgehead atoms. The standard InChI is InChI=1S/C32H36N2O5/c1-35-30-12-6-10-27(20-30)23-34(24-28-11-7-13-31(21-28)36-2)29-14-15-33-32(22-29)39-19-18-37-16-17-38-25-26-8-4-3-5-9-26/h3-15,20-22H,16-19,23-25H2,1-2H3. The van der Waals surface area contributed by atoms with E-state index in [1.165, 1.54) is 0 Å². The third-order valence-electron chi connectivity index (χ3n) is 6.06. The highest BCUT2D eigenvalue weighted by Gasteiger charge is 2.12. The zero-order valence-corrected chi connectivity index (χ0v) is 22.6. The van der Waals surface area contributed by atoms with Gasteiger partial charge in [0, 0.05) is 31.0 Å². The summed E-state index contributed by atoms with van der Waals surface area (Å²) in [7, 11) is 3.36. The van der Waals surface area contributed by atoms with Gasteiger partial charge >= 0.3 is 0 Å². The van der Waals surface area contributed by atoms with Crippen molar-refractivity contribution in [1.82, 2.24) is 4.98 Å². The maximum atomic E-state index is 5.90. The van der Waals surface area contributed by atoms with Gasteiger partial charge in [-0.25, -0.2) is 4.98 Å². The van der Waals surface area contributed by atoms with Crippen molar-refractivity contribution >= 4 is 5.69 Å². The topological polar surface area (TPSA) is 62.3 Å². The summed E-state index contributed by atoms with van der Waals surface area (Å²) in [5.74, 6) is 2.22. The molecule has 0 aliphatic heterocycles. The Morgan fingerprint density at radius 3 is 1.90 bits per heavy atom. The van der Waals surface area contributed by atoms with Gasteiger partial charge in [-0.15, -0.1) is 0 Å². The first-order valence-electron chi connectivity index (χ1n) is 13.0. The van der Waals surface area contributed by atoms with E-state index < -0.39 is 0 Å². The van der Waals surface area contributed by atoms with E-state index in [9.17, 15) is 0 Å². The number of ether oxygens (including phenoxy) is 5. The lowest BCUT2D eigenvalue weighted by atomic mass is 10.1. The van der Waals surface area contributed by atoms with E-state index >= 15 is 0 Å². The summed E-state index contributed by atoms with van der Waals surface area (Å²) in [6.45, 7) is 3.86. The molecule has 1 aromatic heterocycles. The monoisotopic (exact) mass is 528 g/mol. The second-order valence-electron chi connectivity index (χ2n) is 8.91. The van der Waals surface area contributed by atoms with Crippen LogP contribution in [0.2, 0.25) is 0 Å². The minimum Gasteiger partial charge on any atom is -0.497 e. The number of methoxy groups -OCH3 is 2. The summed E-state index contributed by atoms with van der Waals surface area (Å²) in [6, 6.07) is 30.3. The van der Waals surface area contributed by atoms with Crippen LogP contribution in [0.5, 0.6) is 17.4 Å². The molecule has 0 unspecified atom stereocenters. The van der Waals surface area contributed by atoms with Gasteiger partial charge in [-0.3, -0.25) is 0 Å². The zero-order chi connectivity index (χ0) is 27.1. The number of hydrogen-bond acceptors (Lipinski definition) is 7. The number of aromatic nitrogens is 1. The van der Waals surface area contributed by atoms with Crippen molar-refractivity contribution in [2.75, 3.05) is 45.5 Å².